The summed E-state index contributed by atoms with van der Waals surface area (Å²) in [6, 6.07) is 8.14. The summed E-state index contributed by atoms with van der Waals surface area (Å²) in [6.45, 7) is 2.68. The summed E-state index contributed by atoms with van der Waals surface area (Å²) in [5, 5.41) is 12.1. The number of imidazole rings is 1. The minimum atomic E-state index is 0.0752. The molecule has 0 aliphatic carbocycles. The lowest BCUT2D eigenvalue weighted by molar-refractivity contribution is 0.250. The average molecular weight is 310 g/mol. The van der Waals surface area contributed by atoms with Gasteiger partial charge in [-0.1, -0.05) is 28.1 Å². The molecule has 1 heterocycles. The molecule has 2 rings (SSSR count). The molecular formula is C13H16BrN3O. The highest BCUT2D eigenvalue weighted by Gasteiger charge is 2.04. The topological polar surface area (TPSA) is 60.9 Å². The first kappa shape index (κ1) is 13.3. The molecule has 0 saturated heterocycles. The summed E-state index contributed by atoms with van der Waals surface area (Å²) in [5.74, 6) is 0.869. The normalized spacial score (nSPS) is 12.6. The molecule has 0 amide bonds. The number of aromatic nitrogens is 2. The third-order valence-electron chi connectivity index (χ3n) is 2.68. The molecule has 96 valence electrons. The number of H-pyrrole nitrogens is 1. The SMILES string of the molecule is C[C@H](CO)NCc1ncc(-c2ccc(Br)cc2)[nH]1. The molecule has 1 atom stereocenters. The number of hydrogen-bond acceptors (Lipinski definition) is 3. The van der Waals surface area contributed by atoms with Crippen molar-refractivity contribution >= 4 is 15.9 Å². The molecule has 1 aromatic heterocycles. The zero-order valence-electron chi connectivity index (χ0n) is 10.2. The second-order valence-corrected chi connectivity index (χ2v) is 5.13. The first-order valence-electron chi connectivity index (χ1n) is 5.83. The highest BCUT2D eigenvalue weighted by molar-refractivity contribution is 9.10. The molecule has 0 fully saturated rings. The predicted octanol–water partition coefficient (Wildman–Crippen LogP) is 2.31. The van der Waals surface area contributed by atoms with Crippen molar-refractivity contribution in [1.29, 1.82) is 0 Å². The van der Waals surface area contributed by atoms with Crippen molar-refractivity contribution in [1.82, 2.24) is 15.3 Å². The fraction of sp³-hybridized carbons (Fsp3) is 0.308. The Hall–Kier alpha value is -1.17. The lowest BCUT2D eigenvalue weighted by Crippen LogP contribution is -2.29. The van der Waals surface area contributed by atoms with Crippen LogP contribution in [0.3, 0.4) is 0 Å². The second-order valence-electron chi connectivity index (χ2n) is 4.21. The number of rotatable bonds is 5. The Morgan fingerprint density at radius 3 is 2.78 bits per heavy atom. The molecule has 0 aliphatic heterocycles. The van der Waals surface area contributed by atoms with Crippen LogP contribution in [0.5, 0.6) is 0 Å². The zero-order chi connectivity index (χ0) is 13.0. The quantitative estimate of drug-likeness (QED) is 0.794. The van der Waals surface area contributed by atoms with E-state index in [2.05, 4.69) is 31.2 Å². The fourth-order valence-corrected chi connectivity index (χ4v) is 1.83. The third kappa shape index (κ3) is 3.41. The minimum absolute atomic E-state index is 0.0752. The van der Waals surface area contributed by atoms with Crippen molar-refractivity contribution in [3.8, 4) is 11.3 Å². The number of nitrogens with one attached hydrogen (secondary N) is 2. The van der Waals surface area contributed by atoms with Crippen molar-refractivity contribution in [3.05, 3.63) is 40.8 Å². The molecule has 0 aliphatic rings. The van der Waals surface area contributed by atoms with E-state index in [0.29, 0.717) is 6.54 Å². The molecule has 0 bridgehead atoms. The zero-order valence-corrected chi connectivity index (χ0v) is 11.7. The van der Waals surface area contributed by atoms with Crippen molar-refractivity contribution in [3.63, 3.8) is 0 Å². The number of aromatic amines is 1. The highest BCUT2D eigenvalue weighted by atomic mass is 79.9. The minimum Gasteiger partial charge on any atom is -0.395 e. The van der Waals surface area contributed by atoms with E-state index in [-0.39, 0.29) is 12.6 Å². The van der Waals surface area contributed by atoms with Gasteiger partial charge in [-0.3, -0.25) is 0 Å². The van der Waals surface area contributed by atoms with Crippen LogP contribution in [0.15, 0.2) is 34.9 Å². The van der Waals surface area contributed by atoms with Crippen LogP contribution in [0, 0.1) is 0 Å². The van der Waals surface area contributed by atoms with Crippen LogP contribution in [0.25, 0.3) is 11.3 Å². The Labute approximate surface area is 115 Å². The van der Waals surface area contributed by atoms with Gasteiger partial charge in [-0.25, -0.2) is 4.98 Å². The van der Waals surface area contributed by atoms with Crippen molar-refractivity contribution in [2.24, 2.45) is 0 Å². The maximum absolute atomic E-state index is 8.92. The van der Waals surface area contributed by atoms with Crippen LogP contribution in [0.4, 0.5) is 0 Å². The van der Waals surface area contributed by atoms with Crippen molar-refractivity contribution in [2.75, 3.05) is 6.61 Å². The molecule has 0 unspecified atom stereocenters. The fourth-order valence-electron chi connectivity index (χ4n) is 1.56. The van der Waals surface area contributed by atoms with E-state index >= 15 is 0 Å². The number of benzene rings is 1. The van der Waals surface area contributed by atoms with E-state index in [4.69, 9.17) is 5.11 Å². The van der Waals surface area contributed by atoms with Crippen LogP contribution in [-0.4, -0.2) is 27.7 Å². The maximum atomic E-state index is 8.92. The standard InChI is InChI=1S/C13H16BrN3O/c1-9(8-18)15-7-13-16-6-12(17-13)10-2-4-11(14)5-3-10/h2-6,9,15,18H,7-8H2,1H3,(H,16,17)/t9-/m1/s1. The molecule has 0 saturated carbocycles. The largest absolute Gasteiger partial charge is 0.395 e. The van der Waals surface area contributed by atoms with E-state index < -0.39 is 0 Å². The van der Waals surface area contributed by atoms with Gasteiger partial charge in [-0.2, -0.15) is 0 Å². The Morgan fingerprint density at radius 2 is 2.11 bits per heavy atom. The van der Waals surface area contributed by atoms with Gasteiger partial charge in [0.1, 0.15) is 5.82 Å². The van der Waals surface area contributed by atoms with Crippen LogP contribution >= 0.6 is 15.9 Å². The summed E-state index contributed by atoms with van der Waals surface area (Å²) < 4.78 is 1.06. The van der Waals surface area contributed by atoms with Gasteiger partial charge in [-0.05, 0) is 24.6 Å². The number of halogens is 1. The molecule has 3 N–H and O–H groups in total. The number of aliphatic hydroxyl groups excluding tert-OH is 1. The third-order valence-corrected chi connectivity index (χ3v) is 3.20. The van der Waals surface area contributed by atoms with Gasteiger partial charge in [0.25, 0.3) is 0 Å². The molecular weight excluding hydrogens is 294 g/mol. The number of aliphatic hydroxyl groups is 1. The Balaban J connectivity index is 2.03. The smallest absolute Gasteiger partial charge is 0.120 e. The summed E-state index contributed by atoms with van der Waals surface area (Å²) in [6.07, 6.45) is 1.82. The van der Waals surface area contributed by atoms with Crippen molar-refractivity contribution < 1.29 is 5.11 Å². The monoisotopic (exact) mass is 309 g/mol. The number of nitrogens with zero attached hydrogens (tertiary/aromatic N) is 1. The lowest BCUT2D eigenvalue weighted by Gasteiger charge is -2.08. The lowest BCUT2D eigenvalue weighted by atomic mass is 10.2. The Morgan fingerprint density at radius 1 is 1.39 bits per heavy atom. The van der Waals surface area contributed by atoms with Crippen LogP contribution < -0.4 is 5.32 Å². The molecule has 1 aromatic carbocycles. The van der Waals surface area contributed by atoms with E-state index in [9.17, 15) is 0 Å². The predicted molar refractivity (Wildman–Crippen MR) is 75.1 cm³/mol. The Bertz CT molecular complexity index is 495. The van der Waals surface area contributed by atoms with E-state index in [0.717, 1.165) is 21.6 Å². The van der Waals surface area contributed by atoms with Gasteiger partial charge in [0.05, 0.1) is 25.0 Å². The molecule has 0 spiro atoms. The molecule has 0 radical (unpaired) electrons. The summed E-state index contributed by atoms with van der Waals surface area (Å²) in [4.78, 5) is 7.57. The van der Waals surface area contributed by atoms with Crippen molar-refractivity contribution in [2.45, 2.75) is 19.5 Å². The van der Waals surface area contributed by atoms with Gasteiger partial charge in [0.2, 0.25) is 0 Å². The summed E-state index contributed by atoms with van der Waals surface area (Å²) in [5.41, 5.74) is 2.10. The van der Waals surface area contributed by atoms with E-state index in [1.54, 1.807) is 0 Å². The van der Waals surface area contributed by atoms with Crippen LogP contribution in [0.2, 0.25) is 0 Å². The van der Waals surface area contributed by atoms with E-state index in [1.165, 1.54) is 0 Å². The average Bonchev–Trinajstić information content (AvgIpc) is 2.85. The maximum Gasteiger partial charge on any atom is 0.120 e. The highest BCUT2D eigenvalue weighted by Crippen LogP contribution is 2.19. The van der Waals surface area contributed by atoms with Crippen LogP contribution in [0.1, 0.15) is 12.7 Å². The number of hydrogen-bond donors (Lipinski definition) is 3. The van der Waals surface area contributed by atoms with Crippen LogP contribution in [-0.2, 0) is 6.54 Å². The molecule has 5 heteroatoms. The first-order chi connectivity index (χ1) is 8.69. The summed E-state index contributed by atoms with van der Waals surface area (Å²) in [7, 11) is 0. The molecule has 4 nitrogen and oxygen atoms in total. The van der Waals surface area contributed by atoms with Gasteiger partial charge < -0.3 is 15.4 Å². The summed E-state index contributed by atoms with van der Waals surface area (Å²) >= 11 is 3.41. The molecule has 2 aromatic rings. The second kappa shape index (κ2) is 6.13. The van der Waals surface area contributed by atoms with Gasteiger partial charge in [-0.15, -0.1) is 0 Å². The molecule has 18 heavy (non-hydrogen) atoms. The Kier molecular flexibility index (Phi) is 4.52. The van der Waals surface area contributed by atoms with Gasteiger partial charge in [0, 0.05) is 10.5 Å². The van der Waals surface area contributed by atoms with Gasteiger partial charge in [0.15, 0.2) is 0 Å². The first-order valence-corrected chi connectivity index (χ1v) is 6.62. The van der Waals surface area contributed by atoms with E-state index in [1.807, 2.05) is 37.4 Å². The van der Waals surface area contributed by atoms with Gasteiger partial charge >= 0.3 is 0 Å².